The van der Waals surface area contributed by atoms with Crippen LogP contribution in [0.2, 0.25) is 5.02 Å². The summed E-state index contributed by atoms with van der Waals surface area (Å²) < 4.78 is 5.60. The van der Waals surface area contributed by atoms with Gasteiger partial charge in [-0.1, -0.05) is 11.6 Å². The van der Waals surface area contributed by atoms with Crippen molar-refractivity contribution in [2.45, 2.75) is 6.42 Å². The quantitative estimate of drug-likeness (QED) is 0.830. The Bertz CT molecular complexity index is 299. The molecule has 1 aliphatic carbocycles. The van der Waals surface area contributed by atoms with Crippen molar-refractivity contribution in [3.05, 3.63) is 29.3 Å². The molecule has 1 fully saturated rings. The molecule has 1 aromatic carbocycles. The SMILES string of the molecule is NCC1CC1COc1ccc(Cl)cc1. The summed E-state index contributed by atoms with van der Waals surface area (Å²) in [4.78, 5) is 0. The highest BCUT2D eigenvalue weighted by Crippen LogP contribution is 2.37. The van der Waals surface area contributed by atoms with Crippen molar-refractivity contribution in [2.75, 3.05) is 13.2 Å². The van der Waals surface area contributed by atoms with Crippen molar-refractivity contribution in [1.82, 2.24) is 0 Å². The molecule has 0 amide bonds. The Labute approximate surface area is 89.0 Å². The number of benzene rings is 1. The van der Waals surface area contributed by atoms with E-state index in [-0.39, 0.29) is 0 Å². The van der Waals surface area contributed by atoms with Gasteiger partial charge < -0.3 is 10.5 Å². The number of rotatable bonds is 4. The first-order valence-electron chi connectivity index (χ1n) is 4.88. The minimum atomic E-state index is 0.663. The molecular formula is C11H14ClNO. The highest BCUT2D eigenvalue weighted by molar-refractivity contribution is 6.30. The van der Waals surface area contributed by atoms with E-state index < -0.39 is 0 Å². The molecule has 2 N–H and O–H groups in total. The maximum Gasteiger partial charge on any atom is 0.119 e. The second-order valence-electron chi connectivity index (χ2n) is 3.76. The van der Waals surface area contributed by atoms with Crippen LogP contribution in [0, 0.1) is 11.8 Å². The average Bonchev–Trinajstić information content (AvgIpc) is 2.96. The van der Waals surface area contributed by atoms with E-state index in [0.29, 0.717) is 11.8 Å². The van der Waals surface area contributed by atoms with E-state index in [2.05, 4.69) is 0 Å². The standard InChI is InChI=1S/C11H14ClNO/c12-10-1-3-11(4-2-10)14-7-9-5-8(9)6-13/h1-4,8-9H,5-7,13H2. The van der Waals surface area contributed by atoms with Gasteiger partial charge in [-0.25, -0.2) is 0 Å². The zero-order chi connectivity index (χ0) is 9.97. The number of hydrogen-bond donors (Lipinski definition) is 1. The summed E-state index contributed by atoms with van der Waals surface area (Å²) in [6.45, 7) is 1.57. The van der Waals surface area contributed by atoms with Crippen LogP contribution in [0.4, 0.5) is 0 Å². The predicted molar refractivity (Wildman–Crippen MR) is 57.6 cm³/mol. The van der Waals surface area contributed by atoms with E-state index in [1.165, 1.54) is 6.42 Å². The van der Waals surface area contributed by atoms with Gasteiger partial charge in [-0.05, 0) is 49.1 Å². The van der Waals surface area contributed by atoms with E-state index in [0.717, 1.165) is 23.9 Å². The monoisotopic (exact) mass is 211 g/mol. The molecule has 0 aliphatic heterocycles. The highest BCUT2D eigenvalue weighted by atomic mass is 35.5. The summed E-state index contributed by atoms with van der Waals surface area (Å²) in [6.07, 6.45) is 1.21. The third-order valence-corrected chi connectivity index (χ3v) is 2.90. The molecule has 0 radical (unpaired) electrons. The van der Waals surface area contributed by atoms with Gasteiger partial charge in [0, 0.05) is 5.02 Å². The van der Waals surface area contributed by atoms with Gasteiger partial charge in [-0.15, -0.1) is 0 Å². The lowest BCUT2D eigenvalue weighted by molar-refractivity contribution is 0.292. The molecule has 2 nitrogen and oxygen atoms in total. The molecule has 14 heavy (non-hydrogen) atoms. The van der Waals surface area contributed by atoms with Crippen molar-refractivity contribution in [2.24, 2.45) is 17.6 Å². The minimum Gasteiger partial charge on any atom is -0.493 e. The van der Waals surface area contributed by atoms with E-state index in [1.54, 1.807) is 0 Å². The molecular weight excluding hydrogens is 198 g/mol. The van der Waals surface area contributed by atoms with Crippen molar-refractivity contribution in [1.29, 1.82) is 0 Å². The Balaban J connectivity index is 1.78. The Morgan fingerprint density at radius 2 is 2.00 bits per heavy atom. The first-order chi connectivity index (χ1) is 6.79. The van der Waals surface area contributed by atoms with Crippen LogP contribution in [0.5, 0.6) is 5.75 Å². The first-order valence-corrected chi connectivity index (χ1v) is 5.26. The topological polar surface area (TPSA) is 35.2 Å². The normalized spacial score (nSPS) is 24.7. The molecule has 2 unspecified atom stereocenters. The molecule has 0 spiro atoms. The Morgan fingerprint density at radius 1 is 1.29 bits per heavy atom. The third-order valence-electron chi connectivity index (χ3n) is 2.65. The van der Waals surface area contributed by atoms with E-state index in [9.17, 15) is 0 Å². The first kappa shape index (κ1) is 9.81. The fourth-order valence-electron chi connectivity index (χ4n) is 1.54. The van der Waals surface area contributed by atoms with Gasteiger partial charge in [-0.3, -0.25) is 0 Å². The molecule has 1 aliphatic rings. The summed E-state index contributed by atoms with van der Waals surface area (Å²) in [5.41, 5.74) is 5.54. The second kappa shape index (κ2) is 4.20. The van der Waals surface area contributed by atoms with Crippen LogP contribution in [-0.2, 0) is 0 Å². The lowest BCUT2D eigenvalue weighted by atomic mass is 10.3. The second-order valence-corrected chi connectivity index (χ2v) is 4.19. The fourth-order valence-corrected chi connectivity index (χ4v) is 1.66. The van der Waals surface area contributed by atoms with Crippen LogP contribution in [-0.4, -0.2) is 13.2 Å². The zero-order valence-corrected chi connectivity index (χ0v) is 8.70. The van der Waals surface area contributed by atoms with Gasteiger partial charge in [0.05, 0.1) is 6.61 Å². The predicted octanol–water partition coefficient (Wildman–Crippen LogP) is 2.31. The summed E-state index contributed by atoms with van der Waals surface area (Å²) in [7, 11) is 0. The van der Waals surface area contributed by atoms with E-state index in [4.69, 9.17) is 22.1 Å². The van der Waals surface area contributed by atoms with Crippen LogP contribution in [0.25, 0.3) is 0 Å². The summed E-state index contributed by atoms with van der Waals surface area (Å²) in [5.74, 6) is 2.23. The average molecular weight is 212 g/mol. The third kappa shape index (κ3) is 2.40. The van der Waals surface area contributed by atoms with Crippen molar-refractivity contribution in [3.8, 4) is 5.75 Å². The lowest BCUT2D eigenvalue weighted by Gasteiger charge is -2.04. The number of nitrogens with two attached hydrogens (primary N) is 1. The van der Waals surface area contributed by atoms with Gasteiger partial charge in [0.2, 0.25) is 0 Å². The van der Waals surface area contributed by atoms with E-state index in [1.807, 2.05) is 24.3 Å². The van der Waals surface area contributed by atoms with Crippen molar-refractivity contribution in [3.63, 3.8) is 0 Å². The maximum atomic E-state index is 5.76. The van der Waals surface area contributed by atoms with Crippen LogP contribution in [0.15, 0.2) is 24.3 Å². The van der Waals surface area contributed by atoms with E-state index >= 15 is 0 Å². The van der Waals surface area contributed by atoms with Gasteiger partial charge in [-0.2, -0.15) is 0 Å². The Hall–Kier alpha value is -0.730. The summed E-state index contributed by atoms with van der Waals surface area (Å²) in [5, 5.41) is 0.739. The van der Waals surface area contributed by atoms with Gasteiger partial charge in [0.15, 0.2) is 0 Å². The van der Waals surface area contributed by atoms with Crippen molar-refractivity contribution < 1.29 is 4.74 Å². The Morgan fingerprint density at radius 3 is 2.57 bits per heavy atom. The minimum absolute atomic E-state index is 0.663. The molecule has 76 valence electrons. The van der Waals surface area contributed by atoms with Crippen LogP contribution < -0.4 is 10.5 Å². The molecule has 2 rings (SSSR count). The number of ether oxygens (including phenoxy) is 1. The summed E-state index contributed by atoms with van der Waals surface area (Å²) in [6, 6.07) is 7.46. The van der Waals surface area contributed by atoms with Gasteiger partial charge >= 0.3 is 0 Å². The highest BCUT2D eigenvalue weighted by Gasteiger charge is 2.36. The van der Waals surface area contributed by atoms with Crippen LogP contribution in [0.3, 0.4) is 0 Å². The lowest BCUT2D eigenvalue weighted by Crippen LogP contribution is -2.07. The largest absolute Gasteiger partial charge is 0.493 e. The van der Waals surface area contributed by atoms with Gasteiger partial charge in [0.25, 0.3) is 0 Å². The molecule has 2 atom stereocenters. The molecule has 1 aromatic rings. The number of hydrogen-bond acceptors (Lipinski definition) is 2. The molecule has 0 bridgehead atoms. The smallest absolute Gasteiger partial charge is 0.119 e. The van der Waals surface area contributed by atoms with Crippen LogP contribution in [0.1, 0.15) is 6.42 Å². The Kier molecular flexibility index (Phi) is 2.94. The van der Waals surface area contributed by atoms with Gasteiger partial charge in [0.1, 0.15) is 5.75 Å². The number of halogens is 1. The molecule has 0 heterocycles. The molecule has 3 heteroatoms. The molecule has 1 saturated carbocycles. The summed E-state index contributed by atoms with van der Waals surface area (Å²) >= 11 is 5.76. The molecule has 0 saturated heterocycles. The maximum absolute atomic E-state index is 5.76. The fraction of sp³-hybridized carbons (Fsp3) is 0.455. The zero-order valence-electron chi connectivity index (χ0n) is 7.95. The van der Waals surface area contributed by atoms with Crippen LogP contribution >= 0.6 is 11.6 Å². The molecule has 0 aromatic heterocycles. The van der Waals surface area contributed by atoms with Crippen molar-refractivity contribution >= 4 is 11.6 Å².